The minimum atomic E-state index is -0.316. The first-order valence-electron chi connectivity index (χ1n) is 4.35. The average Bonchev–Trinajstić information content (AvgIpc) is 2.17. The Kier molecular flexibility index (Phi) is 5.87. The largest absolute Gasteiger partial charge is 0.469 e. The molecule has 0 rings (SSSR count). The summed E-state index contributed by atoms with van der Waals surface area (Å²) in [6.07, 6.45) is 0.268. The third-order valence-corrected chi connectivity index (χ3v) is 2.05. The Balaban J connectivity index is 3.92. The van der Waals surface area contributed by atoms with Crippen molar-refractivity contribution in [2.45, 2.75) is 19.4 Å². The van der Waals surface area contributed by atoms with Gasteiger partial charge in [-0.3, -0.25) is 14.5 Å². The molecule has 0 aromatic heterocycles. The highest BCUT2D eigenvalue weighted by Crippen LogP contribution is 2.02. The highest BCUT2D eigenvalue weighted by molar-refractivity contribution is 5.72. The molecule has 5 heteroatoms. The van der Waals surface area contributed by atoms with E-state index in [9.17, 15) is 9.59 Å². The van der Waals surface area contributed by atoms with Crippen LogP contribution < -0.4 is 0 Å². The van der Waals surface area contributed by atoms with Gasteiger partial charge in [-0.15, -0.1) is 0 Å². The van der Waals surface area contributed by atoms with Crippen molar-refractivity contribution in [1.29, 1.82) is 0 Å². The van der Waals surface area contributed by atoms with Gasteiger partial charge in [0, 0.05) is 6.04 Å². The maximum atomic E-state index is 10.9. The molecule has 14 heavy (non-hydrogen) atoms. The summed E-state index contributed by atoms with van der Waals surface area (Å²) in [5.74, 6) is -0.599. The summed E-state index contributed by atoms with van der Waals surface area (Å²) in [5, 5.41) is 0. The molecule has 5 nitrogen and oxygen atoms in total. The molecule has 1 atom stereocenters. The van der Waals surface area contributed by atoms with Crippen molar-refractivity contribution in [3.05, 3.63) is 0 Å². The molecule has 0 aliphatic rings. The minimum Gasteiger partial charge on any atom is -0.469 e. The van der Waals surface area contributed by atoms with E-state index in [0.29, 0.717) is 0 Å². The Hall–Kier alpha value is -1.10. The van der Waals surface area contributed by atoms with Crippen LogP contribution in [0.1, 0.15) is 13.3 Å². The second-order valence-corrected chi connectivity index (χ2v) is 3.12. The Morgan fingerprint density at radius 1 is 1.21 bits per heavy atom. The molecule has 0 aromatic rings. The highest BCUT2D eigenvalue weighted by Gasteiger charge is 2.16. The lowest BCUT2D eigenvalue weighted by molar-refractivity contribution is -0.145. The van der Waals surface area contributed by atoms with Gasteiger partial charge in [-0.25, -0.2) is 0 Å². The Morgan fingerprint density at radius 2 is 1.71 bits per heavy atom. The third-order valence-electron chi connectivity index (χ3n) is 2.05. The van der Waals surface area contributed by atoms with Crippen LogP contribution in [0, 0.1) is 0 Å². The molecule has 0 aromatic carbocycles. The summed E-state index contributed by atoms with van der Waals surface area (Å²) in [6.45, 7) is 2.02. The van der Waals surface area contributed by atoms with Crippen molar-refractivity contribution in [3.8, 4) is 0 Å². The molecule has 0 saturated heterocycles. The van der Waals surface area contributed by atoms with Crippen LogP contribution >= 0.6 is 0 Å². The first-order chi connectivity index (χ1) is 6.51. The molecular weight excluding hydrogens is 186 g/mol. The summed E-state index contributed by atoms with van der Waals surface area (Å²) < 4.78 is 9.03. The quantitative estimate of drug-likeness (QED) is 0.591. The highest BCUT2D eigenvalue weighted by atomic mass is 16.5. The number of rotatable bonds is 5. The number of hydrogen-bond donors (Lipinski definition) is 0. The predicted molar refractivity (Wildman–Crippen MR) is 50.7 cm³/mol. The van der Waals surface area contributed by atoms with Gasteiger partial charge in [-0.05, 0) is 14.0 Å². The average molecular weight is 203 g/mol. The van der Waals surface area contributed by atoms with E-state index in [1.807, 2.05) is 6.92 Å². The first-order valence-corrected chi connectivity index (χ1v) is 4.35. The van der Waals surface area contributed by atoms with Crippen molar-refractivity contribution < 1.29 is 19.1 Å². The van der Waals surface area contributed by atoms with E-state index in [4.69, 9.17) is 0 Å². The fraction of sp³-hybridized carbons (Fsp3) is 0.778. The number of carbonyl (C=O) groups excluding carboxylic acids is 2. The van der Waals surface area contributed by atoms with Crippen LogP contribution in [0.25, 0.3) is 0 Å². The SMILES string of the molecule is COC(=O)CC(C)N(C)CC(=O)OC. The molecule has 0 amide bonds. The van der Waals surface area contributed by atoms with Crippen LogP contribution in [0.15, 0.2) is 0 Å². The van der Waals surface area contributed by atoms with Crippen LogP contribution in [0.3, 0.4) is 0 Å². The molecule has 0 heterocycles. The van der Waals surface area contributed by atoms with Crippen molar-refractivity contribution in [1.82, 2.24) is 4.90 Å². The van der Waals surface area contributed by atoms with Gasteiger partial charge in [0.15, 0.2) is 0 Å². The van der Waals surface area contributed by atoms with Gasteiger partial charge >= 0.3 is 11.9 Å². The van der Waals surface area contributed by atoms with E-state index in [2.05, 4.69) is 9.47 Å². The van der Waals surface area contributed by atoms with Gasteiger partial charge in [-0.1, -0.05) is 0 Å². The lowest BCUT2D eigenvalue weighted by Gasteiger charge is -2.22. The Labute approximate surface area is 84.0 Å². The van der Waals surface area contributed by atoms with Crippen LogP contribution in [0.4, 0.5) is 0 Å². The molecule has 0 spiro atoms. The van der Waals surface area contributed by atoms with Crippen LogP contribution in [-0.4, -0.2) is 50.7 Å². The third kappa shape index (κ3) is 4.81. The van der Waals surface area contributed by atoms with Crippen molar-refractivity contribution in [2.24, 2.45) is 0 Å². The van der Waals surface area contributed by atoms with Gasteiger partial charge in [0.2, 0.25) is 0 Å². The van der Waals surface area contributed by atoms with Gasteiger partial charge in [0.1, 0.15) is 0 Å². The second kappa shape index (κ2) is 6.37. The van der Waals surface area contributed by atoms with E-state index in [-0.39, 0.29) is 30.9 Å². The molecule has 0 N–H and O–H groups in total. The van der Waals surface area contributed by atoms with E-state index in [1.165, 1.54) is 14.2 Å². The van der Waals surface area contributed by atoms with E-state index in [1.54, 1.807) is 11.9 Å². The van der Waals surface area contributed by atoms with E-state index in [0.717, 1.165) is 0 Å². The van der Waals surface area contributed by atoms with Gasteiger partial charge in [-0.2, -0.15) is 0 Å². The summed E-state index contributed by atoms with van der Waals surface area (Å²) in [6, 6.07) is -0.0402. The number of likely N-dealkylation sites (N-methyl/N-ethyl adjacent to an activating group) is 1. The molecule has 1 unspecified atom stereocenters. The van der Waals surface area contributed by atoms with Crippen molar-refractivity contribution in [3.63, 3.8) is 0 Å². The van der Waals surface area contributed by atoms with Crippen LogP contribution in [0.5, 0.6) is 0 Å². The van der Waals surface area contributed by atoms with Gasteiger partial charge in [0.25, 0.3) is 0 Å². The molecule has 0 bridgehead atoms. The number of esters is 2. The van der Waals surface area contributed by atoms with Crippen LogP contribution in [-0.2, 0) is 19.1 Å². The normalized spacial score (nSPS) is 12.4. The molecule has 0 aliphatic heterocycles. The molecule has 0 saturated carbocycles. The van der Waals surface area contributed by atoms with Gasteiger partial charge < -0.3 is 9.47 Å². The second-order valence-electron chi connectivity index (χ2n) is 3.12. The fourth-order valence-electron chi connectivity index (χ4n) is 0.904. The smallest absolute Gasteiger partial charge is 0.319 e. The molecular formula is C9H17NO4. The maximum absolute atomic E-state index is 10.9. The standard InChI is InChI=1S/C9H17NO4/c1-7(5-8(11)13-3)10(2)6-9(12)14-4/h7H,5-6H2,1-4H3. The van der Waals surface area contributed by atoms with Gasteiger partial charge in [0.05, 0.1) is 27.2 Å². The summed E-state index contributed by atoms with van der Waals surface area (Å²) >= 11 is 0. The predicted octanol–water partition coefficient (Wildman–Crippen LogP) is 0.0428. The number of hydrogen-bond acceptors (Lipinski definition) is 5. The topological polar surface area (TPSA) is 55.8 Å². The number of carbonyl (C=O) groups is 2. The van der Waals surface area contributed by atoms with Crippen molar-refractivity contribution >= 4 is 11.9 Å². The fourth-order valence-corrected chi connectivity index (χ4v) is 0.904. The van der Waals surface area contributed by atoms with Crippen LogP contribution in [0.2, 0.25) is 0 Å². The lowest BCUT2D eigenvalue weighted by Crippen LogP contribution is -2.36. The zero-order valence-corrected chi connectivity index (χ0v) is 9.07. The zero-order chi connectivity index (χ0) is 11.1. The lowest BCUT2D eigenvalue weighted by atomic mass is 10.2. The molecule has 0 fully saturated rings. The minimum absolute atomic E-state index is 0.0402. The number of methoxy groups -OCH3 is 2. The van der Waals surface area contributed by atoms with E-state index < -0.39 is 0 Å². The number of ether oxygens (including phenoxy) is 2. The monoisotopic (exact) mass is 203 g/mol. The maximum Gasteiger partial charge on any atom is 0.319 e. The molecule has 0 radical (unpaired) electrons. The number of nitrogens with zero attached hydrogens (tertiary/aromatic N) is 1. The summed E-state index contributed by atoms with van der Waals surface area (Å²) in [4.78, 5) is 23.6. The van der Waals surface area contributed by atoms with E-state index >= 15 is 0 Å². The molecule has 82 valence electrons. The van der Waals surface area contributed by atoms with Crippen molar-refractivity contribution in [2.75, 3.05) is 27.8 Å². The summed E-state index contributed by atoms with van der Waals surface area (Å²) in [5.41, 5.74) is 0. The first kappa shape index (κ1) is 12.9. The summed E-state index contributed by atoms with van der Waals surface area (Å²) in [7, 11) is 4.43. The molecule has 0 aliphatic carbocycles. The zero-order valence-electron chi connectivity index (χ0n) is 9.07. The Bertz CT molecular complexity index is 183. The Morgan fingerprint density at radius 3 is 2.14 bits per heavy atom.